The van der Waals surface area contributed by atoms with Crippen LogP contribution in [0.2, 0.25) is 0 Å². The average Bonchev–Trinajstić information content (AvgIpc) is 2.51. The number of rotatable bonds is 4. The van der Waals surface area contributed by atoms with E-state index in [1.165, 1.54) is 8.66 Å². The lowest BCUT2D eigenvalue weighted by Gasteiger charge is -2.45. The highest BCUT2D eigenvalue weighted by Gasteiger charge is 2.45. The van der Waals surface area contributed by atoms with E-state index in [-0.39, 0.29) is 5.41 Å². The smallest absolute Gasteiger partial charge is 0.0701 e. The SMILES string of the molecule is CC(CCN)C1(c2ccc(Br)s2)COC1. The Bertz CT molecular complexity index is 335. The zero-order chi connectivity index (χ0) is 10.9. The fourth-order valence-corrected chi connectivity index (χ4v) is 3.76. The minimum absolute atomic E-state index is 0.232. The van der Waals surface area contributed by atoms with Gasteiger partial charge in [-0.15, -0.1) is 11.3 Å². The fourth-order valence-electron chi connectivity index (χ4n) is 2.10. The first-order valence-electron chi connectivity index (χ1n) is 5.22. The molecular weight excluding hydrogens is 274 g/mol. The number of nitrogens with two attached hydrogens (primary N) is 1. The Morgan fingerprint density at radius 2 is 2.33 bits per heavy atom. The Labute approximate surface area is 103 Å². The van der Waals surface area contributed by atoms with Gasteiger partial charge in [0.2, 0.25) is 0 Å². The third kappa shape index (κ3) is 2.00. The van der Waals surface area contributed by atoms with Crippen LogP contribution in [0.1, 0.15) is 18.2 Å². The summed E-state index contributed by atoms with van der Waals surface area (Å²) in [6.45, 7) is 4.74. The van der Waals surface area contributed by atoms with E-state index >= 15 is 0 Å². The van der Waals surface area contributed by atoms with Crippen molar-refractivity contribution in [3.8, 4) is 0 Å². The predicted octanol–water partition coefficient (Wildman–Crippen LogP) is 2.76. The normalized spacial score (nSPS) is 21.0. The number of thiophene rings is 1. The van der Waals surface area contributed by atoms with E-state index in [9.17, 15) is 0 Å². The number of hydrogen-bond acceptors (Lipinski definition) is 3. The van der Waals surface area contributed by atoms with Gasteiger partial charge in [0, 0.05) is 4.88 Å². The first kappa shape index (κ1) is 11.6. The summed E-state index contributed by atoms with van der Waals surface area (Å²) in [5.41, 5.74) is 5.87. The second-order valence-corrected chi connectivity index (χ2v) is 6.69. The van der Waals surface area contributed by atoms with Crippen molar-refractivity contribution in [2.75, 3.05) is 19.8 Å². The van der Waals surface area contributed by atoms with Crippen molar-refractivity contribution in [1.82, 2.24) is 0 Å². The lowest BCUT2D eigenvalue weighted by molar-refractivity contribution is -0.0863. The van der Waals surface area contributed by atoms with Crippen LogP contribution in [0.5, 0.6) is 0 Å². The highest BCUT2D eigenvalue weighted by molar-refractivity contribution is 9.11. The van der Waals surface area contributed by atoms with E-state index in [0.717, 1.165) is 26.2 Å². The molecule has 1 atom stereocenters. The third-order valence-electron chi connectivity index (χ3n) is 3.33. The van der Waals surface area contributed by atoms with Crippen LogP contribution in [0, 0.1) is 5.92 Å². The van der Waals surface area contributed by atoms with Gasteiger partial charge in [0.25, 0.3) is 0 Å². The maximum atomic E-state index is 5.64. The third-order valence-corrected chi connectivity index (χ3v) is 5.17. The maximum absolute atomic E-state index is 5.64. The summed E-state index contributed by atoms with van der Waals surface area (Å²) in [5, 5.41) is 0. The number of ether oxygens (including phenoxy) is 1. The van der Waals surface area contributed by atoms with Gasteiger partial charge in [-0.3, -0.25) is 0 Å². The molecule has 2 rings (SSSR count). The summed E-state index contributed by atoms with van der Waals surface area (Å²) in [6.07, 6.45) is 1.07. The van der Waals surface area contributed by atoms with Gasteiger partial charge in [0.1, 0.15) is 0 Å². The molecule has 0 aliphatic carbocycles. The topological polar surface area (TPSA) is 35.2 Å². The van der Waals surface area contributed by atoms with Crippen molar-refractivity contribution in [1.29, 1.82) is 0 Å². The lowest BCUT2D eigenvalue weighted by Crippen LogP contribution is -2.51. The van der Waals surface area contributed by atoms with E-state index in [2.05, 4.69) is 35.0 Å². The zero-order valence-electron chi connectivity index (χ0n) is 8.83. The summed E-state index contributed by atoms with van der Waals surface area (Å²) in [6, 6.07) is 4.33. The quantitative estimate of drug-likeness (QED) is 0.925. The van der Waals surface area contributed by atoms with Crippen molar-refractivity contribution in [3.63, 3.8) is 0 Å². The molecule has 0 saturated carbocycles. The van der Waals surface area contributed by atoms with Crippen molar-refractivity contribution in [3.05, 3.63) is 20.8 Å². The van der Waals surface area contributed by atoms with Gasteiger partial charge in [-0.2, -0.15) is 0 Å². The van der Waals surface area contributed by atoms with Crippen molar-refractivity contribution >= 4 is 27.3 Å². The molecule has 15 heavy (non-hydrogen) atoms. The van der Waals surface area contributed by atoms with E-state index in [0.29, 0.717) is 5.92 Å². The van der Waals surface area contributed by atoms with Gasteiger partial charge < -0.3 is 10.5 Å². The molecule has 1 aliphatic heterocycles. The van der Waals surface area contributed by atoms with E-state index in [1.54, 1.807) is 0 Å². The standard InChI is InChI=1S/C11H16BrNOS/c1-8(4-5-13)11(6-14-7-11)9-2-3-10(12)15-9/h2-3,8H,4-7,13H2,1H3. The molecule has 1 fully saturated rings. The fraction of sp³-hybridized carbons (Fsp3) is 0.636. The molecule has 84 valence electrons. The van der Waals surface area contributed by atoms with Crippen molar-refractivity contribution in [2.24, 2.45) is 11.7 Å². The Balaban J connectivity index is 2.21. The Hall–Kier alpha value is 0.1000. The first-order chi connectivity index (χ1) is 7.19. The summed E-state index contributed by atoms with van der Waals surface area (Å²) in [5.74, 6) is 0.599. The Kier molecular flexibility index (Phi) is 3.50. The summed E-state index contributed by atoms with van der Waals surface area (Å²) in [4.78, 5) is 1.43. The average molecular weight is 290 g/mol. The first-order valence-corrected chi connectivity index (χ1v) is 6.83. The van der Waals surface area contributed by atoms with Gasteiger partial charge in [-0.25, -0.2) is 0 Å². The molecule has 2 nitrogen and oxygen atoms in total. The molecule has 4 heteroatoms. The van der Waals surface area contributed by atoms with Gasteiger partial charge in [-0.05, 0) is 46.9 Å². The molecule has 0 spiro atoms. The van der Waals surface area contributed by atoms with Crippen LogP contribution in [0.3, 0.4) is 0 Å². The van der Waals surface area contributed by atoms with Gasteiger partial charge >= 0.3 is 0 Å². The maximum Gasteiger partial charge on any atom is 0.0701 e. The van der Waals surface area contributed by atoms with E-state index in [1.807, 2.05) is 11.3 Å². The molecule has 1 aromatic heterocycles. The minimum atomic E-state index is 0.232. The molecule has 0 amide bonds. The summed E-state index contributed by atoms with van der Waals surface area (Å²) in [7, 11) is 0. The van der Waals surface area contributed by atoms with Gasteiger partial charge in [0.15, 0.2) is 0 Å². The van der Waals surface area contributed by atoms with E-state index < -0.39 is 0 Å². The Morgan fingerprint density at radius 1 is 1.60 bits per heavy atom. The monoisotopic (exact) mass is 289 g/mol. The lowest BCUT2D eigenvalue weighted by atomic mass is 9.72. The highest BCUT2D eigenvalue weighted by atomic mass is 79.9. The van der Waals surface area contributed by atoms with E-state index in [4.69, 9.17) is 10.5 Å². The molecule has 0 radical (unpaired) electrons. The summed E-state index contributed by atoms with van der Waals surface area (Å²) >= 11 is 5.34. The molecule has 2 N–H and O–H groups in total. The van der Waals surface area contributed by atoms with Crippen LogP contribution in [0.15, 0.2) is 15.9 Å². The largest absolute Gasteiger partial charge is 0.379 e. The van der Waals surface area contributed by atoms with Crippen molar-refractivity contribution < 1.29 is 4.74 Å². The van der Waals surface area contributed by atoms with Crippen LogP contribution in [0.4, 0.5) is 0 Å². The van der Waals surface area contributed by atoms with Crippen molar-refractivity contribution in [2.45, 2.75) is 18.8 Å². The second-order valence-electron chi connectivity index (χ2n) is 4.23. The molecule has 1 unspecified atom stereocenters. The van der Waals surface area contributed by atoms with Crippen LogP contribution in [-0.2, 0) is 10.2 Å². The number of halogens is 1. The zero-order valence-corrected chi connectivity index (χ0v) is 11.2. The second kappa shape index (κ2) is 4.53. The molecule has 0 bridgehead atoms. The molecule has 1 saturated heterocycles. The van der Waals surface area contributed by atoms with Gasteiger partial charge in [-0.1, -0.05) is 6.92 Å². The molecule has 2 heterocycles. The van der Waals surface area contributed by atoms with Crippen LogP contribution < -0.4 is 5.73 Å². The highest BCUT2D eigenvalue weighted by Crippen LogP contribution is 2.44. The van der Waals surface area contributed by atoms with Crippen LogP contribution >= 0.6 is 27.3 Å². The predicted molar refractivity (Wildman–Crippen MR) is 67.4 cm³/mol. The van der Waals surface area contributed by atoms with Gasteiger partial charge in [0.05, 0.1) is 22.4 Å². The minimum Gasteiger partial charge on any atom is -0.379 e. The van der Waals surface area contributed by atoms with Crippen LogP contribution in [-0.4, -0.2) is 19.8 Å². The van der Waals surface area contributed by atoms with Crippen LogP contribution in [0.25, 0.3) is 0 Å². The Morgan fingerprint density at radius 3 is 2.73 bits per heavy atom. The molecule has 0 aromatic carbocycles. The number of hydrogen-bond donors (Lipinski definition) is 1. The molecule has 1 aliphatic rings. The molecular formula is C11H16BrNOS. The molecule has 1 aromatic rings. The summed E-state index contributed by atoms with van der Waals surface area (Å²) < 4.78 is 6.62.